The van der Waals surface area contributed by atoms with Gasteiger partial charge in [0, 0.05) is 6.42 Å². The maximum atomic E-state index is 12.0. The van der Waals surface area contributed by atoms with Crippen molar-refractivity contribution in [2.45, 2.75) is 32.1 Å². The zero-order chi connectivity index (χ0) is 12.3. The molecule has 0 bridgehead atoms. The van der Waals surface area contributed by atoms with Crippen LogP contribution in [0.25, 0.3) is 0 Å². The molecule has 0 saturated heterocycles. The third kappa shape index (κ3) is 2.31. The van der Waals surface area contributed by atoms with E-state index in [9.17, 15) is 15.2 Å². The fourth-order valence-electron chi connectivity index (χ4n) is 2.45. The van der Waals surface area contributed by atoms with E-state index in [-0.39, 0.29) is 11.5 Å². The maximum absolute atomic E-state index is 12.0. The Bertz CT molecular complexity index is 475. The van der Waals surface area contributed by atoms with Crippen molar-refractivity contribution in [1.82, 2.24) is 0 Å². The molecule has 2 rings (SSSR count). The summed E-state index contributed by atoms with van der Waals surface area (Å²) in [5.74, 6) is 0.230. The average molecular weight is 229 g/mol. The molecule has 1 atom stereocenters. The molecule has 1 unspecified atom stereocenters. The molecule has 0 aromatic heterocycles. The zero-order valence-electron chi connectivity index (χ0n) is 9.65. The second-order valence-electron chi connectivity index (χ2n) is 4.67. The van der Waals surface area contributed by atoms with Crippen molar-refractivity contribution in [2.75, 3.05) is 0 Å². The molecule has 17 heavy (non-hydrogen) atoms. The SMILES string of the molecule is N#CC1(Cc2cccc(O)c2)CCCCC1=O. The fraction of sp³-hybridized carbons (Fsp3) is 0.429. The molecule has 1 aliphatic rings. The highest BCUT2D eigenvalue weighted by atomic mass is 16.3. The molecule has 1 aliphatic carbocycles. The molecule has 3 nitrogen and oxygen atoms in total. The van der Waals surface area contributed by atoms with Crippen molar-refractivity contribution < 1.29 is 9.90 Å². The zero-order valence-corrected chi connectivity index (χ0v) is 9.65. The summed E-state index contributed by atoms with van der Waals surface area (Å²) in [4.78, 5) is 12.0. The first kappa shape index (κ1) is 11.7. The van der Waals surface area contributed by atoms with Crippen LogP contribution in [0.5, 0.6) is 5.75 Å². The molecule has 1 N–H and O–H groups in total. The van der Waals surface area contributed by atoms with Gasteiger partial charge in [-0.05, 0) is 37.0 Å². The molecule has 1 aromatic rings. The van der Waals surface area contributed by atoms with Gasteiger partial charge in [-0.2, -0.15) is 5.26 Å². The topological polar surface area (TPSA) is 61.1 Å². The van der Waals surface area contributed by atoms with Crippen LogP contribution in [0.4, 0.5) is 0 Å². The molecule has 1 aromatic carbocycles. The Hall–Kier alpha value is -1.82. The first-order valence-corrected chi connectivity index (χ1v) is 5.89. The van der Waals surface area contributed by atoms with Gasteiger partial charge in [-0.25, -0.2) is 0 Å². The number of nitriles is 1. The minimum atomic E-state index is -0.869. The van der Waals surface area contributed by atoms with E-state index in [0.717, 1.165) is 18.4 Å². The number of phenolic OH excluding ortho intramolecular Hbond substituents is 1. The van der Waals surface area contributed by atoms with E-state index in [4.69, 9.17) is 0 Å². The number of rotatable bonds is 2. The van der Waals surface area contributed by atoms with Gasteiger partial charge in [0.1, 0.15) is 11.2 Å². The summed E-state index contributed by atoms with van der Waals surface area (Å²) >= 11 is 0. The Kier molecular flexibility index (Phi) is 3.14. The number of hydrogen-bond donors (Lipinski definition) is 1. The lowest BCUT2D eigenvalue weighted by Crippen LogP contribution is -2.34. The summed E-state index contributed by atoms with van der Waals surface area (Å²) in [6.45, 7) is 0. The molecule has 3 heteroatoms. The van der Waals surface area contributed by atoms with E-state index in [2.05, 4.69) is 6.07 Å². The van der Waals surface area contributed by atoms with Crippen molar-refractivity contribution in [2.24, 2.45) is 5.41 Å². The first-order chi connectivity index (χ1) is 8.16. The predicted molar refractivity (Wildman–Crippen MR) is 63.3 cm³/mol. The van der Waals surface area contributed by atoms with Crippen LogP contribution in [0.1, 0.15) is 31.2 Å². The normalized spacial score (nSPS) is 24.3. The van der Waals surface area contributed by atoms with Gasteiger partial charge >= 0.3 is 0 Å². The molecule has 1 saturated carbocycles. The van der Waals surface area contributed by atoms with Gasteiger partial charge in [-0.15, -0.1) is 0 Å². The highest BCUT2D eigenvalue weighted by Crippen LogP contribution is 2.36. The second kappa shape index (κ2) is 4.58. The molecule has 0 amide bonds. The molecular formula is C14H15NO2. The fourth-order valence-corrected chi connectivity index (χ4v) is 2.45. The Morgan fingerprint density at radius 2 is 2.24 bits per heavy atom. The molecule has 0 radical (unpaired) electrons. The van der Waals surface area contributed by atoms with Gasteiger partial charge in [-0.1, -0.05) is 18.6 Å². The smallest absolute Gasteiger partial charge is 0.153 e. The number of Topliss-reactive ketones (excluding diaryl/α,β-unsaturated/α-hetero) is 1. The number of aromatic hydroxyl groups is 1. The number of benzene rings is 1. The molecule has 88 valence electrons. The van der Waals surface area contributed by atoms with E-state index in [1.54, 1.807) is 18.2 Å². The summed E-state index contributed by atoms with van der Waals surface area (Å²) in [5, 5.41) is 18.7. The minimum absolute atomic E-state index is 0.0505. The van der Waals surface area contributed by atoms with Gasteiger partial charge in [0.25, 0.3) is 0 Å². The number of carbonyl (C=O) groups excluding carboxylic acids is 1. The third-order valence-corrected chi connectivity index (χ3v) is 3.42. The lowest BCUT2D eigenvalue weighted by atomic mass is 9.70. The highest BCUT2D eigenvalue weighted by molar-refractivity contribution is 5.88. The van der Waals surface area contributed by atoms with Gasteiger partial charge in [0.05, 0.1) is 6.07 Å². The predicted octanol–water partition coefficient (Wildman–Crippen LogP) is 2.59. The van der Waals surface area contributed by atoms with Crippen LogP contribution in [0.15, 0.2) is 24.3 Å². The van der Waals surface area contributed by atoms with E-state index in [1.807, 2.05) is 6.07 Å². The molecule has 1 fully saturated rings. The van der Waals surface area contributed by atoms with Crippen LogP contribution >= 0.6 is 0 Å². The van der Waals surface area contributed by atoms with Crippen molar-refractivity contribution in [3.05, 3.63) is 29.8 Å². The Labute approximate surface area is 101 Å². The van der Waals surface area contributed by atoms with Crippen molar-refractivity contribution in [1.29, 1.82) is 5.26 Å². The van der Waals surface area contributed by atoms with Gasteiger partial charge in [-0.3, -0.25) is 4.79 Å². The Balaban J connectivity index is 2.25. The number of hydrogen-bond acceptors (Lipinski definition) is 3. The first-order valence-electron chi connectivity index (χ1n) is 5.89. The maximum Gasteiger partial charge on any atom is 0.153 e. The monoisotopic (exact) mass is 229 g/mol. The number of carbonyl (C=O) groups is 1. The van der Waals surface area contributed by atoms with Crippen LogP contribution in [0, 0.1) is 16.7 Å². The summed E-state index contributed by atoms with van der Waals surface area (Å²) in [6, 6.07) is 9.01. The third-order valence-electron chi connectivity index (χ3n) is 3.42. The number of phenols is 1. The van der Waals surface area contributed by atoms with Gasteiger partial charge in [0.15, 0.2) is 5.78 Å². The van der Waals surface area contributed by atoms with E-state index in [1.165, 1.54) is 0 Å². The van der Waals surface area contributed by atoms with Crippen LogP contribution in [-0.2, 0) is 11.2 Å². The van der Waals surface area contributed by atoms with Gasteiger partial charge in [0.2, 0.25) is 0 Å². The summed E-state index contributed by atoms with van der Waals surface area (Å²) < 4.78 is 0. The van der Waals surface area contributed by atoms with Crippen molar-refractivity contribution >= 4 is 5.78 Å². The molecule has 0 spiro atoms. The van der Waals surface area contributed by atoms with E-state index < -0.39 is 5.41 Å². The number of ketones is 1. The van der Waals surface area contributed by atoms with Crippen molar-refractivity contribution in [3.8, 4) is 11.8 Å². The quantitative estimate of drug-likeness (QED) is 0.847. The lowest BCUT2D eigenvalue weighted by Gasteiger charge is -2.29. The molecule has 0 aliphatic heterocycles. The second-order valence-corrected chi connectivity index (χ2v) is 4.67. The van der Waals surface area contributed by atoms with Crippen LogP contribution < -0.4 is 0 Å². The molecular weight excluding hydrogens is 214 g/mol. The average Bonchev–Trinajstić information content (AvgIpc) is 2.32. The Morgan fingerprint density at radius 3 is 2.88 bits per heavy atom. The standard InChI is InChI=1S/C14H15NO2/c15-10-14(7-2-1-6-13(14)17)9-11-4-3-5-12(16)8-11/h3-5,8,16H,1-2,6-7,9H2. The van der Waals surface area contributed by atoms with Crippen LogP contribution in [0.2, 0.25) is 0 Å². The highest BCUT2D eigenvalue weighted by Gasteiger charge is 2.40. The summed E-state index contributed by atoms with van der Waals surface area (Å²) in [6.07, 6.45) is 3.38. The summed E-state index contributed by atoms with van der Waals surface area (Å²) in [7, 11) is 0. The molecule has 0 heterocycles. The summed E-state index contributed by atoms with van der Waals surface area (Å²) in [5.41, 5.74) is -0.0201. The van der Waals surface area contributed by atoms with E-state index >= 15 is 0 Å². The minimum Gasteiger partial charge on any atom is -0.508 e. The number of nitrogens with zero attached hydrogens (tertiary/aromatic N) is 1. The van der Waals surface area contributed by atoms with E-state index in [0.29, 0.717) is 19.3 Å². The largest absolute Gasteiger partial charge is 0.508 e. The Morgan fingerprint density at radius 1 is 1.41 bits per heavy atom. The van der Waals surface area contributed by atoms with Crippen LogP contribution in [-0.4, -0.2) is 10.9 Å². The van der Waals surface area contributed by atoms with Gasteiger partial charge < -0.3 is 5.11 Å². The van der Waals surface area contributed by atoms with Crippen molar-refractivity contribution in [3.63, 3.8) is 0 Å². The lowest BCUT2D eigenvalue weighted by molar-refractivity contribution is -0.128. The van der Waals surface area contributed by atoms with Crippen LogP contribution in [0.3, 0.4) is 0 Å².